The number of ether oxygens (including phenoxy) is 1. The molecule has 0 spiro atoms. The zero-order valence-electron chi connectivity index (χ0n) is 17.4. The van der Waals surface area contributed by atoms with Crippen molar-refractivity contribution in [3.8, 4) is 5.75 Å². The first-order valence-electron chi connectivity index (χ1n) is 9.55. The van der Waals surface area contributed by atoms with E-state index in [1.807, 2.05) is 38.1 Å². The molecule has 2 rings (SSSR count). The lowest BCUT2D eigenvalue weighted by molar-refractivity contribution is -0.123. The van der Waals surface area contributed by atoms with Crippen molar-refractivity contribution in [1.29, 1.82) is 0 Å². The van der Waals surface area contributed by atoms with Crippen LogP contribution in [0.4, 0.5) is 5.69 Å². The number of carbonyl (C=O) groups excluding carboxylic acids is 2. The largest absolute Gasteiger partial charge is 0.494 e. The predicted octanol–water partition coefficient (Wildman–Crippen LogP) is 2.59. The molecule has 2 amide bonds. The number of amides is 2. The molecular weight excluding hydrogens is 406 g/mol. The lowest BCUT2D eigenvalue weighted by Crippen LogP contribution is -2.45. The molecule has 3 N–H and O–H groups in total. The molecule has 1 unspecified atom stereocenters. The van der Waals surface area contributed by atoms with Crippen LogP contribution in [0.2, 0.25) is 0 Å². The van der Waals surface area contributed by atoms with Crippen LogP contribution in [-0.4, -0.2) is 32.9 Å². The number of nitrogens with one attached hydrogen (secondary N) is 3. The molecule has 2 atom stereocenters. The highest BCUT2D eigenvalue weighted by molar-refractivity contribution is 7.89. The molecule has 2 aromatic rings. The van der Waals surface area contributed by atoms with Gasteiger partial charge in [0.15, 0.2) is 0 Å². The third-order valence-electron chi connectivity index (χ3n) is 4.26. The number of sulfonamides is 1. The Balaban J connectivity index is 1.98. The summed E-state index contributed by atoms with van der Waals surface area (Å²) in [5, 5.41) is 5.36. The predicted molar refractivity (Wildman–Crippen MR) is 115 cm³/mol. The van der Waals surface area contributed by atoms with Gasteiger partial charge in [0.1, 0.15) is 5.75 Å². The van der Waals surface area contributed by atoms with Gasteiger partial charge >= 0.3 is 0 Å². The smallest absolute Gasteiger partial charge is 0.241 e. The van der Waals surface area contributed by atoms with Crippen LogP contribution in [0.15, 0.2) is 53.4 Å². The summed E-state index contributed by atoms with van der Waals surface area (Å²) < 4.78 is 32.9. The van der Waals surface area contributed by atoms with Crippen molar-refractivity contribution in [2.45, 2.75) is 44.7 Å². The fourth-order valence-electron chi connectivity index (χ4n) is 2.72. The number of hydrogen-bond acceptors (Lipinski definition) is 5. The lowest BCUT2D eigenvalue weighted by atomic mass is 10.1. The van der Waals surface area contributed by atoms with Crippen LogP contribution in [0.3, 0.4) is 0 Å². The Bertz CT molecular complexity index is 973. The third-order valence-corrected chi connectivity index (χ3v) is 5.82. The van der Waals surface area contributed by atoms with Gasteiger partial charge in [-0.2, -0.15) is 4.72 Å². The molecule has 162 valence electrons. The van der Waals surface area contributed by atoms with E-state index in [2.05, 4.69) is 15.4 Å². The maximum absolute atomic E-state index is 12.5. The summed E-state index contributed by atoms with van der Waals surface area (Å²) in [7, 11) is -3.90. The summed E-state index contributed by atoms with van der Waals surface area (Å²) in [5.41, 5.74) is 1.35. The first-order valence-corrected chi connectivity index (χ1v) is 11.0. The van der Waals surface area contributed by atoms with Crippen LogP contribution >= 0.6 is 0 Å². The van der Waals surface area contributed by atoms with E-state index >= 15 is 0 Å². The molecule has 0 aromatic heterocycles. The van der Waals surface area contributed by atoms with E-state index in [0.717, 1.165) is 11.3 Å². The van der Waals surface area contributed by atoms with Crippen LogP contribution in [0, 0.1) is 0 Å². The molecular formula is C21H27N3O5S. The second kappa shape index (κ2) is 10.2. The summed E-state index contributed by atoms with van der Waals surface area (Å²) in [6, 6.07) is 11.7. The molecule has 0 aliphatic carbocycles. The molecule has 0 bridgehead atoms. The molecule has 30 heavy (non-hydrogen) atoms. The molecule has 0 heterocycles. The fourth-order valence-corrected chi connectivity index (χ4v) is 3.92. The Morgan fingerprint density at radius 1 is 1.00 bits per heavy atom. The van der Waals surface area contributed by atoms with Crippen molar-refractivity contribution in [1.82, 2.24) is 10.0 Å². The minimum Gasteiger partial charge on any atom is -0.494 e. The Kier molecular flexibility index (Phi) is 7.96. The summed E-state index contributed by atoms with van der Waals surface area (Å²) in [6.07, 6.45) is 0. The second-order valence-corrected chi connectivity index (χ2v) is 8.49. The topological polar surface area (TPSA) is 114 Å². The summed E-state index contributed by atoms with van der Waals surface area (Å²) in [6.45, 7) is 7.12. The molecule has 0 saturated heterocycles. The number of rotatable bonds is 9. The Hall–Kier alpha value is -2.91. The third kappa shape index (κ3) is 6.57. The van der Waals surface area contributed by atoms with Gasteiger partial charge in [-0.05, 0) is 62.7 Å². The highest BCUT2D eigenvalue weighted by atomic mass is 32.2. The van der Waals surface area contributed by atoms with E-state index in [-0.39, 0.29) is 16.8 Å². The number of benzene rings is 2. The van der Waals surface area contributed by atoms with Crippen molar-refractivity contribution in [2.24, 2.45) is 0 Å². The van der Waals surface area contributed by atoms with Crippen LogP contribution < -0.4 is 20.1 Å². The zero-order valence-corrected chi connectivity index (χ0v) is 18.2. The van der Waals surface area contributed by atoms with Crippen LogP contribution in [0.5, 0.6) is 5.75 Å². The van der Waals surface area contributed by atoms with E-state index in [9.17, 15) is 18.0 Å². The molecule has 9 heteroatoms. The van der Waals surface area contributed by atoms with Gasteiger partial charge in [0, 0.05) is 12.6 Å². The minimum atomic E-state index is -3.90. The number of anilines is 1. The molecule has 0 fully saturated rings. The molecule has 0 saturated carbocycles. The SMILES string of the molecule is CCOc1ccc(C(C)NC(=O)[C@H](C)NS(=O)(=O)c2ccc(NC(C)=O)cc2)cc1. The Morgan fingerprint density at radius 2 is 1.60 bits per heavy atom. The van der Waals surface area contributed by atoms with Crippen LogP contribution in [0.1, 0.15) is 39.3 Å². The van der Waals surface area contributed by atoms with Gasteiger partial charge in [0.05, 0.1) is 23.6 Å². The molecule has 0 radical (unpaired) electrons. The van der Waals surface area contributed by atoms with E-state index in [1.165, 1.54) is 38.1 Å². The molecule has 0 aliphatic heterocycles. The zero-order chi connectivity index (χ0) is 22.3. The highest BCUT2D eigenvalue weighted by Gasteiger charge is 2.23. The normalized spacial score (nSPS) is 13.2. The van der Waals surface area contributed by atoms with E-state index < -0.39 is 22.0 Å². The second-order valence-electron chi connectivity index (χ2n) is 6.78. The van der Waals surface area contributed by atoms with Crippen molar-refractivity contribution >= 4 is 27.5 Å². The lowest BCUT2D eigenvalue weighted by Gasteiger charge is -2.19. The summed E-state index contributed by atoms with van der Waals surface area (Å²) >= 11 is 0. The van der Waals surface area contributed by atoms with Crippen LogP contribution in [0.25, 0.3) is 0 Å². The van der Waals surface area contributed by atoms with Gasteiger partial charge in [0.2, 0.25) is 21.8 Å². The fraction of sp³-hybridized carbons (Fsp3) is 0.333. The first-order chi connectivity index (χ1) is 14.1. The van der Waals surface area contributed by atoms with Gasteiger partial charge in [-0.1, -0.05) is 12.1 Å². The van der Waals surface area contributed by atoms with Crippen molar-refractivity contribution < 1.29 is 22.7 Å². The van der Waals surface area contributed by atoms with Crippen molar-refractivity contribution in [3.63, 3.8) is 0 Å². The quantitative estimate of drug-likeness (QED) is 0.562. The van der Waals surface area contributed by atoms with Gasteiger partial charge in [-0.3, -0.25) is 9.59 Å². The van der Waals surface area contributed by atoms with Crippen molar-refractivity contribution in [3.05, 3.63) is 54.1 Å². The van der Waals surface area contributed by atoms with Crippen molar-refractivity contribution in [2.75, 3.05) is 11.9 Å². The van der Waals surface area contributed by atoms with Crippen LogP contribution in [-0.2, 0) is 19.6 Å². The van der Waals surface area contributed by atoms with Gasteiger partial charge < -0.3 is 15.4 Å². The standard InChI is InChI=1S/C21H27N3O5S/c1-5-29-19-10-6-17(7-11-19)14(2)22-21(26)15(3)24-30(27,28)20-12-8-18(9-13-20)23-16(4)25/h6-15,24H,5H2,1-4H3,(H,22,26)(H,23,25)/t14?,15-/m0/s1. The number of hydrogen-bond donors (Lipinski definition) is 3. The molecule has 0 aliphatic rings. The van der Waals surface area contributed by atoms with Gasteiger partial charge in [-0.15, -0.1) is 0 Å². The monoisotopic (exact) mass is 433 g/mol. The van der Waals surface area contributed by atoms with Gasteiger partial charge in [-0.25, -0.2) is 8.42 Å². The van der Waals surface area contributed by atoms with E-state index in [1.54, 1.807) is 0 Å². The first kappa shape index (κ1) is 23.4. The number of carbonyl (C=O) groups is 2. The maximum atomic E-state index is 12.5. The summed E-state index contributed by atoms with van der Waals surface area (Å²) in [4.78, 5) is 23.5. The highest BCUT2D eigenvalue weighted by Crippen LogP contribution is 2.18. The Morgan fingerprint density at radius 3 is 2.13 bits per heavy atom. The Labute approximate surface area is 177 Å². The van der Waals surface area contributed by atoms with Gasteiger partial charge in [0.25, 0.3) is 0 Å². The van der Waals surface area contributed by atoms with E-state index in [4.69, 9.17) is 4.74 Å². The maximum Gasteiger partial charge on any atom is 0.241 e. The molecule has 2 aromatic carbocycles. The average molecular weight is 434 g/mol. The summed E-state index contributed by atoms with van der Waals surface area (Å²) in [5.74, 6) is 0.0379. The van der Waals surface area contributed by atoms with E-state index in [0.29, 0.717) is 12.3 Å². The minimum absolute atomic E-state index is 0.00388. The molecule has 8 nitrogen and oxygen atoms in total. The average Bonchev–Trinajstić information content (AvgIpc) is 2.68.